The average molecular weight is 342 g/mol. The Kier molecular flexibility index (Phi) is 4.01. The maximum atomic E-state index is 5.43. The lowest BCUT2D eigenvalue weighted by atomic mass is 9.96. The molecular weight excluding hydrogens is 327 g/mol. The predicted octanol–water partition coefficient (Wildman–Crippen LogP) is 3.78. The van der Waals surface area contributed by atoms with Crippen LogP contribution in [-0.4, -0.2) is 20.0 Å². The van der Waals surface area contributed by atoms with Crippen LogP contribution in [-0.2, 0) is 9.47 Å². The fraction of sp³-hybridized carbons (Fsp3) is 0.286. The van der Waals surface area contributed by atoms with Crippen LogP contribution in [0, 0.1) is 0 Å². The minimum atomic E-state index is -0.602. The normalized spacial score (nSPS) is 18.5. The Morgan fingerprint density at radius 3 is 2.29 bits per heavy atom. The van der Waals surface area contributed by atoms with E-state index in [4.69, 9.17) is 9.47 Å². The molecule has 0 fully saturated rings. The van der Waals surface area contributed by atoms with Crippen molar-refractivity contribution in [3.63, 3.8) is 0 Å². The van der Waals surface area contributed by atoms with Crippen LogP contribution < -0.4 is 0 Å². The molecule has 1 aliphatic carbocycles. The van der Waals surface area contributed by atoms with E-state index in [1.54, 1.807) is 14.2 Å². The van der Waals surface area contributed by atoms with E-state index in [0.717, 1.165) is 6.42 Å². The van der Waals surface area contributed by atoms with Crippen molar-refractivity contribution in [2.24, 2.45) is 0 Å². The van der Waals surface area contributed by atoms with Gasteiger partial charge in [-0.15, -0.1) is 0 Å². The van der Waals surface area contributed by atoms with E-state index in [-0.39, 0.29) is 0 Å². The van der Waals surface area contributed by atoms with Gasteiger partial charge in [0.2, 0.25) is 0 Å². The second-order valence-electron chi connectivity index (χ2n) is 3.91. The van der Waals surface area contributed by atoms with Crippen molar-refractivity contribution in [2.45, 2.75) is 12.2 Å². The van der Waals surface area contributed by atoms with E-state index in [0.29, 0.717) is 0 Å². The number of rotatable bonds is 3. The quantitative estimate of drug-likeness (QED) is 0.615. The highest BCUT2D eigenvalue weighted by atomic mass is 127. The molecule has 0 saturated carbocycles. The van der Waals surface area contributed by atoms with Crippen molar-refractivity contribution < 1.29 is 9.47 Å². The zero-order chi connectivity index (χ0) is 12.3. The molecule has 0 bridgehead atoms. The molecule has 1 aromatic rings. The summed E-state index contributed by atoms with van der Waals surface area (Å²) in [6.45, 7) is 0. The van der Waals surface area contributed by atoms with E-state index in [1.165, 1.54) is 14.7 Å². The van der Waals surface area contributed by atoms with Crippen LogP contribution in [0.25, 0.3) is 5.57 Å². The van der Waals surface area contributed by atoms with Crippen LogP contribution in [0.2, 0.25) is 0 Å². The van der Waals surface area contributed by atoms with Crippen LogP contribution in [0.3, 0.4) is 0 Å². The molecule has 0 heterocycles. The topological polar surface area (TPSA) is 18.5 Å². The molecule has 3 heteroatoms. The summed E-state index contributed by atoms with van der Waals surface area (Å²) >= 11 is 2.36. The van der Waals surface area contributed by atoms with Gasteiger partial charge in [-0.25, -0.2) is 0 Å². The van der Waals surface area contributed by atoms with E-state index in [9.17, 15) is 0 Å². The summed E-state index contributed by atoms with van der Waals surface area (Å²) in [5.41, 5.74) is 2.48. The lowest BCUT2D eigenvalue weighted by molar-refractivity contribution is -0.167. The smallest absolute Gasteiger partial charge is 0.192 e. The Morgan fingerprint density at radius 2 is 1.76 bits per heavy atom. The minimum Gasteiger partial charge on any atom is -0.349 e. The lowest BCUT2D eigenvalue weighted by Crippen LogP contribution is -2.32. The van der Waals surface area contributed by atoms with Crippen molar-refractivity contribution in [3.8, 4) is 0 Å². The second kappa shape index (κ2) is 5.33. The molecule has 0 amide bonds. The molecule has 0 aliphatic heterocycles. The van der Waals surface area contributed by atoms with Crippen LogP contribution in [0.15, 0.2) is 46.1 Å². The van der Waals surface area contributed by atoms with Gasteiger partial charge < -0.3 is 9.47 Å². The first-order chi connectivity index (χ1) is 8.21. The molecule has 90 valence electrons. The van der Waals surface area contributed by atoms with Gasteiger partial charge in [-0.1, -0.05) is 36.4 Å². The van der Waals surface area contributed by atoms with Gasteiger partial charge >= 0.3 is 0 Å². The van der Waals surface area contributed by atoms with E-state index < -0.39 is 5.79 Å². The molecular formula is C14H15IO2. The summed E-state index contributed by atoms with van der Waals surface area (Å²) in [6.07, 6.45) is 4.81. The SMILES string of the molecule is COC1(OC)C=CC(c2ccccc2)=C(I)C1. The number of hydrogen-bond acceptors (Lipinski definition) is 2. The predicted molar refractivity (Wildman–Crippen MR) is 77.9 cm³/mol. The van der Waals surface area contributed by atoms with Gasteiger partial charge in [0, 0.05) is 24.2 Å². The Balaban J connectivity index is 2.32. The van der Waals surface area contributed by atoms with Gasteiger partial charge in [0.05, 0.1) is 0 Å². The summed E-state index contributed by atoms with van der Waals surface area (Å²) in [4.78, 5) is 0. The number of allylic oxidation sites excluding steroid dienone is 2. The second-order valence-corrected chi connectivity index (χ2v) is 5.22. The summed E-state index contributed by atoms with van der Waals surface area (Å²) in [7, 11) is 3.34. The third-order valence-electron chi connectivity index (χ3n) is 2.97. The number of halogens is 1. The summed E-state index contributed by atoms with van der Waals surface area (Å²) in [5, 5.41) is 0. The van der Waals surface area contributed by atoms with Crippen LogP contribution in [0.4, 0.5) is 0 Å². The maximum Gasteiger partial charge on any atom is 0.192 e. The maximum absolute atomic E-state index is 5.43. The number of ether oxygens (including phenoxy) is 2. The van der Waals surface area contributed by atoms with Crippen LogP contribution in [0.1, 0.15) is 12.0 Å². The molecule has 0 unspecified atom stereocenters. The first kappa shape index (κ1) is 12.8. The first-order valence-corrected chi connectivity index (χ1v) is 6.52. The fourth-order valence-electron chi connectivity index (χ4n) is 1.91. The molecule has 0 spiro atoms. The van der Waals surface area contributed by atoms with Gasteiger partial charge in [-0.3, -0.25) is 0 Å². The third kappa shape index (κ3) is 2.61. The van der Waals surface area contributed by atoms with Crippen LogP contribution >= 0.6 is 22.6 Å². The molecule has 0 atom stereocenters. The molecule has 0 aromatic heterocycles. The molecule has 1 aliphatic rings. The number of benzene rings is 1. The Hall–Kier alpha value is -0.650. The number of hydrogen-bond donors (Lipinski definition) is 0. The van der Waals surface area contributed by atoms with Crippen molar-refractivity contribution in [1.82, 2.24) is 0 Å². The zero-order valence-corrected chi connectivity index (χ0v) is 12.1. The summed E-state index contributed by atoms with van der Waals surface area (Å²) in [6, 6.07) is 10.4. The van der Waals surface area contributed by atoms with Crippen molar-refractivity contribution in [1.29, 1.82) is 0 Å². The van der Waals surface area contributed by atoms with Crippen molar-refractivity contribution in [2.75, 3.05) is 14.2 Å². The van der Waals surface area contributed by atoms with Gasteiger partial charge in [-0.2, -0.15) is 0 Å². The largest absolute Gasteiger partial charge is 0.349 e. The standard InChI is InChI=1S/C14H15IO2/c1-16-14(17-2)9-8-12(13(15)10-14)11-6-4-3-5-7-11/h3-9H,10H2,1-2H3. The molecule has 0 N–H and O–H groups in total. The Morgan fingerprint density at radius 1 is 1.12 bits per heavy atom. The highest BCUT2D eigenvalue weighted by Crippen LogP contribution is 2.37. The third-order valence-corrected chi connectivity index (χ3v) is 3.94. The average Bonchev–Trinajstić information content (AvgIpc) is 2.39. The van der Waals surface area contributed by atoms with Gasteiger partial charge in [0.15, 0.2) is 5.79 Å². The van der Waals surface area contributed by atoms with E-state index in [2.05, 4.69) is 52.9 Å². The van der Waals surface area contributed by atoms with Crippen molar-refractivity contribution >= 4 is 28.2 Å². The van der Waals surface area contributed by atoms with Gasteiger partial charge in [-0.05, 0) is 39.8 Å². The highest BCUT2D eigenvalue weighted by Gasteiger charge is 2.31. The van der Waals surface area contributed by atoms with Crippen molar-refractivity contribution in [3.05, 3.63) is 51.6 Å². The van der Waals surface area contributed by atoms with Gasteiger partial charge in [0.25, 0.3) is 0 Å². The molecule has 0 radical (unpaired) electrons. The minimum absolute atomic E-state index is 0.602. The highest BCUT2D eigenvalue weighted by molar-refractivity contribution is 14.1. The zero-order valence-electron chi connectivity index (χ0n) is 9.94. The molecule has 2 nitrogen and oxygen atoms in total. The first-order valence-electron chi connectivity index (χ1n) is 5.44. The molecule has 2 rings (SSSR count). The Bertz CT molecular complexity index is 445. The van der Waals surface area contributed by atoms with E-state index in [1.807, 2.05) is 12.1 Å². The fourth-order valence-corrected chi connectivity index (χ4v) is 2.93. The molecule has 17 heavy (non-hydrogen) atoms. The summed E-state index contributed by atoms with van der Waals surface area (Å²) in [5.74, 6) is -0.602. The monoisotopic (exact) mass is 342 g/mol. The Labute approximate surface area is 115 Å². The summed E-state index contributed by atoms with van der Waals surface area (Å²) < 4.78 is 12.1. The molecule has 0 saturated heterocycles. The van der Waals surface area contributed by atoms with Gasteiger partial charge in [0.1, 0.15) is 0 Å². The number of methoxy groups -OCH3 is 2. The van der Waals surface area contributed by atoms with E-state index >= 15 is 0 Å². The lowest BCUT2D eigenvalue weighted by Gasteiger charge is -2.31. The molecule has 1 aromatic carbocycles. The van der Waals surface area contributed by atoms with Crippen LogP contribution in [0.5, 0.6) is 0 Å².